The number of carbonyl (C=O) groups excluding carboxylic acids is 1. The summed E-state index contributed by atoms with van der Waals surface area (Å²) in [6, 6.07) is 13.9. The second kappa shape index (κ2) is 9.13. The van der Waals surface area contributed by atoms with Crippen molar-refractivity contribution in [2.45, 2.75) is 25.8 Å². The van der Waals surface area contributed by atoms with Crippen LogP contribution in [0.2, 0.25) is 0 Å². The van der Waals surface area contributed by atoms with Gasteiger partial charge in [0.1, 0.15) is 0 Å². The summed E-state index contributed by atoms with van der Waals surface area (Å²) >= 11 is 0. The fourth-order valence-corrected chi connectivity index (χ4v) is 2.87. The highest BCUT2D eigenvalue weighted by Crippen LogP contribution is 2.38. The first-order valence-corrected chi connectivity index (χ1v) is 8.58. The second-order valence-corrected chi connectivity index (χ2v) is 6.25. The van der Waals surface area contributed by atoms with Crippen LogP contribution in [0.15, 0.2) is 42.5 Å². The third kappa shape index (κ3) is 4.69. The summed E-state index contributed by atoms with van der Waals surface area (Å²) in [6.07, 6.45) is 1.09. The third-order valence-corrected chi connectivity index (χ3v) is 4.51. The second-order valence-electron chi connectivity index (χ2n) is 6.25. The van der Waals surface area contributed by atoms with E-state index in [0.29, 0.717) is 17.2 Å². The van der Waals surface area contributed by atoms with Crippen LogP contribution >= 0.6 is 0 Å². The number of benzene rings is 2. The highest BCUT2D eigenvalue weighted by Gasteiger charge is 2.19. The molecule has 2 aromatic rings. The molecule has 0 aromatic heterocycles. The molecule has 5 heteroatoms. The van der Waals surface area contributed by atoms with Gasteiger partial charge < -0.3 is 19.1 Å². The minimum atomic E-state index is 0.0442. The lowest BCUT2D eigenvalue weighted by atomic mass is 10.0. The molecule has 0 aliphatic heterocycles. The van der Waals surface area contributed by atoms with Gasteiger partial charge in [0.05, 0.1) is 27.8 Å². The number of nitrogens with zero attached hydrogens (tertiary/aromatic N) is 1. The van der Waals surface area contributed by atoms with E-state index in [0.717, 1.165) is 12.0 Å². The number of ether oxygens (including phenoxy) is 3. The largest absolute Gasteiger partial charge is 0.493 e. The molecule has 2 aromatic carbocycles. The van der Waals surface area contributed by atoms with Gasteiger partial charge in [-0.15, -0.1) is 0 Å². The van der Waals surface area contributed by atoms with Crippen LogP contribution in [0.5, 0.6) is 17.2 Å². The van der Waals surface area contributed by atoms with E-state index >= 15 is 0 Å². The fraction of sp³-hybridized carbons (Fsp3) is 0.381. The van der Waals surface area contributed by atoms with E-state index in [1.54, 1.807) is 26.2 Å². The Morgan fingerprint density at radius 1 is 0.962 bits per heavy atom. The monoisotopic (exact) mass is 357 g/mol. The van der Waals surface area contributed by atoms with Gasteiger partial charge in [-0.1, -0.05) is 30.3 Å². The van der Waals surface area contributed by atoms with Crippen molar-refractivity contribution in [2.24, 2.45) is 0 Å². The zero-order valence-electron chi connectivity index (χ0n) is 16.1. The van der Waals surface area contributed by atoms with E-state index in [2.05, 4.69) is 19.1 Å². The molecule has 0 heterocycles. The van der Waals surface area contributed by atoms with Gasteiger partial charge in [0.25, 0.3) is 0 Å². The van der Waals surface area contributed by atoms with Gasteiger partial charge >= 0.3 is 0 Å². The molecule has 0 aliphatic carbocycles. The molecule has 26 heavy (non-hydrogen) atoms. The van der Waals surface area contributed by atoms with E-state index in [1.165, 1.54) is 5.56 Å². The normalized spacial score (nSPS) is 11.6. The molecule has 1 atom stereocenters. The molecule has 0 spiro atoms. The Morgan fingerprint density at radius 3 is 2.04 bits per heavy atom. The molecule has 0 fully saturated rings. The summed E-state index contributed by atoms with van der Waals surface area (Å²) in [7, 11) is 6.53. The molecule has 0 bridgehead atoms. The number of amides is 1. The van der Waals surface area contributed by atoms with Gasteiger partial charge in [0.15, 0.2) is 11.5 Å². The minimum absolute atomic E-state index is 0.0442. The molecule has 2 rings (SSSR count). The first-order valence-electron chi connectivity index (χ1n) is 8.58. The molecule has 140 valence electrons. The Kier molecular flexibility index (Phi) is 6.89. The molecule has 1 amide bonds. The molecule has 0 radical (unpaired) electrons. The number of hydrogen-bond acceptors (Lipinski definition) is 4. The maximum Gasteiger partial charge on any atom is 0.226 e. The lowest BCUT2D eigenvalue weighted by molar-refractivity contribution is -0.130. The lowest BCUT2D eigenvalue weighted by Crippen LogP contribution is -2.37. The predicted octanol–water partition coefficient (Wildman–Crippen LogP) is 3.34. The highest BCUT2D eigenvalue weighted by atomic mass is 16.5. The summed E-state index contributed by atoms with van der Waals surface area (Å²) in [5, 5.41) is 0. The summed E-state index contributed by atoms with van der Waals surface area (Å²) in [6.45, 7) is 2.06. The van der Waals surface area contributed by atoms with Gasteiger partial charge in [-0.05, 0) is 36.6 Å². The Hall–Kier alpha value is -2.69. The Labute approximate surface area is 155 Å². The first kappa shape index (κ1) is 19.6. The molecule has 0 aliphatic rings. The predicted molar refractivity (Wildman–Crippen MR) is 102 cm³/mol. The summed E-state index contributed by atoms with van der Waals surface area (Å²) in [5.41, 5.74) is 2.04. The third-order valence-electron chi connectivity index (χ3n) is 4.51. The number of methoxy groups -OCH3 is 3. The molecular formula is C21H27NO4. The zero-order chi connectivity index (χ0) is 19.1. The average Bonchev–Trinajstić information content (AvgIpc) is 2.67. The molecule has 5 nitrogen and oxygen atoms in total. The number of likely N-dealkylation sites (N-methyl/N-ethyl adjacent to an activating group) is 1. The van der Waals surface area contributed by atoms with Crippen LogP contribution in [-0.4, -0.2) is 45.2 Å². The van der Waals surface area contributed by atoms with Gasteiger partial charge in [-0.2, -0.15) is 0 Å². The molecule has 0 saturated carbocycles. The van der Waals surface area contributed by atoms with Crippen molar-refractivity contribution in [1.82, 2.24) is 4.90 Å². The fourth-order valence-electron chi connectivity index (χ4n) is 2.87. The van der Waals surface area contributed by atoms with Gasteiger partial charge in [-0.3, -0.25) is 4.79 Å². The van der Waals surface area contributed by atoms with Crippen LogP contribution in [0, 0.1) is 0 Å². The van der Waals surface area contributed by atoms with Crippen LogP contribution in [0.3, 0.4) is 0 Å². The summed E-state index contributed by atoms with van der Waals surface area (Å²) in [4.78, 5) is 14.5. The molecule has 0 saturated heterocycles. The van der Waals surface area contributed by atoms with E-state index in [9.17, 15) is 4.79 Å². The smallest absolute Gasteiger partial charge is 0.226 e. The lowest BCUT2D eigenvalue weighted by Gasteiger charge is -2.25. The van der Waals surface area contributed by atoms with Crippen molar-refractivity contribution in [2.75, 3.05) is 28.4 Å². The topological polar surface area (TPSA) is 48.0 Å². The van der Waals surface area contributed by atoms with Crippen LogP contribution < -0.4 is 14.2 Å². The van der Waals surface area contributed by atoms with Gasteiger partial charge in [-0.25, -0.2) is 0 Å². The van der Waals surface area contributed by atoms with E-state index in [1.807, 2.05) is 37.4 Å². The summed E-state index contributed by atoms with van der Waals surface area (Å²) in [5.74, 6) is 1.67. The molecule has 1 unspecified atom stereocenters. The quantitative estimate of drug-likeness (QED) is 0.727. The maximum atomic E-state index is 12.7. The maximum absolute atomic E-state index is 12.7. The van der Waals surface area contributed by atoms with Crippen molar-refractivity contribution in [3.8, 4) is 17.2 Å². The molecule has 0 N–H and O–H groups in total. The van der Waals surface area contributed by atoms with Crippen LogP contribution in [-0.2, 0) is 17.6 Å². The SMILES string of the molecule is COc1cc(CC(=O)N(C)C(C)Cc2ccccc2)cc(OC)c1OC. The standard InChI is InChI=1S/C21H27NO4/c1-15(11-16-9-7-6-8-10-16)22(2)20(23)14-17-12-18(24-3)21(26-5)19(13-17)25-4/h6-10,12-13,15H,11,14H2,1-5H3. The van der Waals surface area contributed by atoms with Crippen molar-refractivity contribution in [3.63, 3.8) is 0 Å². The van der Waals surface area contributed by atoms with Crippen molar-refractivity contribution in [3.05, 3.63) is 53.6 Å². The molecular weight excluding hydrogens is 330 g/mol. The van der Waals surface area contributed by atoms with Crippen LogP contribution in [0.25, 0.3) is 0 Å². The first-order chi connectivity index (χ1) is 12.5. The van der Waals surface area contributed by atoms with E-state index in [4.69, 9.17) is 14.2 Å². The highest BCUT2D eigenvalue weighted by molar-refractivity contribution is 5.79. The zero-order valence-corrected chi connectivity index (χ0v) is 16.1. The van der Waals surface area contributed by atoms with Gasteiger partial charge in [0, 0.05) is 13.1 Å². The van der Waals surface area contributed by atoms with E-state index in [-0.39, 0.29) is 18.4 Å². The van der Waals surface area contributed by atoms with Crippen molar-refractivity contribution >= 4 is 5.91 Å². The number of hydrogen-bond donors (Lipinski definition) is 0. The Balaban J connectivity index is 2.10. The number of rotatable bonds is 8. The minimum Gasteiger partial charge on any atom is -0.493 e. The van der Waals surface area contributed by atoms with E-state index < -0.39 is 0 Å². The summed E-state index contributed by atoms with van der Waals surface area (Å²) < 4.78 is 16.0. The average molecular weight is 357 g/mol. The Bertz CT molecular complexity index is 705. The van der Waals surface area contributed by atoms with Gasteiger partial charge in [0.2, 0.25) is 11.7 Å². The van der Waals surface area contributed by atoms with Crippen LogP contribution in [0.1, 0.15) is 18.1 Å². The number of carbonyl (C=O) groups is 1. The van der Waals surface area contributed by atoms with Crippen molar-refractivity contribution in [1.29, 1.82) is 0 Å². The van der Waals surface area contributed by atoms with Crippen LogP contribution in [0.4, 0.5) is 0 Å². The Morgan fingerprint density at radius 2 is 1.54 bits per heavy atom. The van der Waals surface area contributed by atoms with Crippen molar-refractivity contribution < 1.29 is 19.0 Å².